The molecular formula is C31H42N5O8P. The smallest absolute Gasteiger partial charge is 0.409 e. The molecule has 1 aromatic heterocycles. The summed E-state index contributed by atoms with van der Waals surface area (Å²) in [6, 6.07) is 9.02. The van der Waals surface area contributed by atoms with Gasteiger partial charge in [-0.05, 0) is 33.1 Å². The average molecular weight is 644 g/mol. The molecule has 1 aliphatic heterocycles. The molecule has 1 saturated heterocycles. The van der Waals surface area contributed by atoms with Gasteiger partial charge in [0.05, 0.1) is 26.0 Å². The summed E-state index contributed by atoms with van der Waals surface area (Å²) in [6.07, 6.45) is -0.118. The zero-order chi connectivity index (χ0) is 32.8. The molecule has 0 radical (unpaired) electrons. The number of carbonyl (C=O) groups is 3. The Kier molecular flexibility index (Phi) is 14.0. The fourth-order valence-electron chi connectivity index (χ4n) is 4.42. The molecule has 0 bridgehead atoms. The topological polar surface area (TPSA) is 160 Å². The van der Waals surface area contributed by atoms with Crippen LogP contribution in [-0.4, -0.2) is 107 Å². The number of aliphatic hydroxyl groups excluding tert-OH is 1. The maximum Gasteiger partial charge on any atom is 0.409 e. The van der Waals surface area contributed by atoms with Crippen LogP contribution in [0.3, 0.4) is 0 Å². The predicted octanol–water partition coefficient (Wildman–Crippen LogP) is 3.32. The second-order valence-corrected chi connectivity index (χ2v) is 12.3. The average Bonchev–Trinajstić information content (AvgIpc) is 3.03. The van der Waals surface area contributed by atoms with Crippen LogP contribution in [-0.2, 0) is 23.1 Å². The Bertz CT molecular complexity index is 1390. The Labute approximate surface area is 264 Å². The van der Waals surface area contributed by atoms with E-state index in [1.807, 2.05) is 13.0 Å². The lowest BCUT2D eigenvalue weighted by molar-refractivity contribution is -0.134. The van der Waals surface area contributed by atoms with Gasteiger partial charge in [0.1, 0.15) is 23.5 Å². The van der Waals surface area contributed by atoms with E-state index < -0.39 is 43.8 Å². The van der Waals surface area contributed by atoms with E-state index >= 15 is 0 Å². The Morgan fingerprint density at radius 3 is 2.27 bits per heavy atom. The van der Waals surface area contributed by atoms with E-state index in [0.29, 0.717) is 12.2 Å². The van der Waals surface area contributed by atoms with Crippen LogP contribution < -0.4 is 5.32 Å². The molecule has 14 heteroatoms. The molecule has 2 heterocycles. The van der Waals surface area contributed by atoms with Crippen molar-refractivity contribution in [1.82, 2.24) is 25.1 Å². The molecule has 2 aromatic rings. The van der Waals surface area contributed by atoms with E-state index in [1.54, 1.807) is 38.1 Å². The van der Waals surface area contributed by atoms with Gasteiger partial charge in [-0.1, -0.05) is 49.6 Å². The largest absolute Gasteiger partial charge is 0.449 e. The van der Waals surface area contributed by atoms with Gasteiger partial charge in [0.15, 0.2) is 5.82 Å². The van der Waals surface area contributed by atoms with Gasteiger partial charge in [-0.2, -0.15) is 0 Å². The molecule has 244 valence electrons. The van der Waals surface area contributed by atoms with Crippen molar-refractivity contribution in [2.24, 2.45) is 0 Å². The Balaban J connectivity index is 1.88. The van der Waals surface area contributed by atoms with Gasteiger partial charge in [0.2, 0.25) is 5.91 Å². The predicted molar refractivity (Wildman–Crippen MR) is 167 cm³/mol. The summed E-state index contributed by atoms with van der Waals surface area (Å²) in [6.45, 7) is 8.14. The first kappa shape index (κ1) is 35.7. The number of amides is 3. The number of hydrogen-bond acceptors (Lipinski definition) is 10. The van der Waals surface area contributed by atoms with E-state index in [0.717, 1.165) is 12.8 Å². The van der Waals surface area contributed by atoms with Crippen molar-refractivity contribution in [1.29, 1.82) is 0 Å². The van der Waals surface area contributed by atoms with Crippen LogP contribution in [0, 0.1) is 11.8 Å². The molecule has 1 aromatic carbocycles. The zero-order valence-electron chi connectivity index (χ0n) is 26.2. The highest BCUT2D eigenvalue weighted by molar-refractivity contribution is 7.54. The molecule has 2 atom stereocenters. The first-order valence-corrected chi connectivity index (χ1v) is 16.9. The minimum absolute atomic E-state index is 0.0720. The normalized spacial score (nSPS) is 14.6. The van der Waals surface area contributed by atoms with Crippen LogP contribution in [0.2, 0.25) is 0 Å². The van der Waals surface area contributed by atoms with Crippen LogP contribution in [0.25, 0.3) is 11.4 Å². The van der Waals surface area contributed by atoms with Crippen molar-refractivity contribution >= 4 is 25.5 Å². The number of aliphatic hydroxyl groups is 1. The molecule has 3 amide bonds. The first-order chi connectivity index (χ1) is 21.6. The van der Waals surface area contributed by atoms with Crippen molar-refractivity contribution in [2.45, 2.75) is 52.7 Å². The van der Waals surface area contributed by atoms with E-state index in [-0.39, 0.29) is 56.6 Å². The minimum Gasteiger partial charge on any atom is -0.449 e. The molecule has 1 unspecified atom stereocenters. The standard InChI is InChI=1S/C31H42N5O8P/c1-5-8-20-42-31(40)36-18-16-35(17-19-36)30(39)27(22-45(41,43-6-2)44-7-3)34-29(38)26-21-25(15-14-23(4)37)32-28(33-26)24-12-10-9-11-13-24/h9-13,21,23,27,37H,5-8,16-20,22H2,1-4H3,(H,34,38)/t23?,27-/m0/s1. The fourth-order valence-corrected chi connectivity index (χ4v) is 6.19. The van der Waals surface area contributed by atoms with Gasteiger partial charge in [0.25, 0.3) is 5.91 Å². The Hall–Kier alpha value is -3.82. The van der Waals surface area contributed by atoms with Gasteiger partial charge in [-0.15, -0.1) is 0 Å². The van der Waals surface area contributed by atoms with Gasteiger partial charge in [-0.3, -0.25) is 14.2 Å². The van der Waals surface area contributed by atoms with Crippen molar-refractivity contribution in [3.8, 4) is 23.2 Å². The molecule has 1 aliphatic rings. The van der Waals surface area contributed by atoms with Crippen LogP contribution in [0.1, 0.15) is 56.7 Å². The van der Waals surface area contributed by atoms with Gasteiger partial charge < -0.3 is 34.0 Å². The van der Waals surface area contributed by atoms with Crippen molar-refractivity contribution < 1.29 is 37.8 Å². The van der Waals surface area contributed by atoms with E-state index in [4.69, 9.17) is 13.8 Å². The summed E-state index contributed by atoms with van der Waals surface area (Å²) in [5, 5.41) is 12.3. The third-order valence-corrected chi connectivity index (χ3v) is 8.75. The lowest BCUT2D eigenvalue weighted by Crippen LogP contribution is -2.57. The second-order valence-electron chi connectivity index (χ2n) is 10.2. The molecule has 0 saturated carbocycles. The number of aromatic nitrogens is 2. The maximum atomic E-state index is 13.8. The summed E-state index contributed by atoms with van der Waals surface area (Å²) in [4.78, 5) is 51.8. The summed E-state index contributed by atoms with van der Waals surface area (Å²) < 4.78 is 29.7. The number of piperazine rings is 1. The third kappa shape index (κ3) is 10.9. The molecule has 3 rings (SSSR count). The molecule has 0 spiro atoms. The van der Waals surface area contributed by atoms with Crippen molar-refractivity contribution in [2.75, 3.05) is 52.2 Å². The van der Waals surface area contributed by atoms with E-state index in [2.05, 4.69) is 27.1 Å². The molecular weight excluding hydrogens is 601 g/mol. The van der Waals surface area contributed by atoms with Crippen molar-refractivity contribution in [3.05, 3.63) is 47.8 Å². The highest BCUT2D eigenvalue weighted by Gasteiger charge is 2.37. The number of carbonyl (C=O) groups excluding carboxylic acids is 3. The number of hydrogen-bond donors (Lipinski definition) is 2. The van der Waals surface area contributed by atoms with E-state index in [9.17, 15) is 24.1 Å². The van der Waals surface area contributed by atoms with E-state index in [1.165, 1.54) is 22.8 Å². The number of rotatable bonds is 13. The van der Waals surface area contributed by atoms with Crippen LogP contribution >= 0.6 is 7.60 Å². The second kappa shape index (κ2) is 17.6. The lowest BCUT2D eigenvalue weighted by Gasteiger charge is -2.36. The SMILES string of the molecule is CCCCOC(=O)N1CCN(C(=O)[C@H](CP(=O)(OCC)OCC)NC(=O)c2cc(C#CC(C)O)nc(-c3ccccc3)n2)CC1. The maximum absolute atomic E-state index is 13.8. The highest BCUT2D eigenvalue weighted by Crippen LogP contribution is 2.48. The van der Waals surface area contributed by atoms with Crippen LogP contribution in [0.5, 0.6) is 0 Å². The minimum atomic E-state index is -3.79. The third-order valence-electron chi connectivity index (χ3n) is 6.63. The number of nitrogens with zero attached hydrogens (tertiary/aromatic N) is 4. The van der Waals surface area contributed by atoms with Crippen molar-refractivity contribution in [3.63, 3.8) is 0 Å². The highest BCUT2D eigenvalue weighted by atomic mass is 31.2. The van der Waals surface area contributed by atoms with Gasteiger partial charge >= 0.3 is 13.7 Å². The number of benzene rings is 1. The summed E-state index contributed by atoms with van der Waals surface area (Å²) >= 11 is 0. The molecule has 13 nitrogen and oxygen atoms in total. The fraction of sp³-hybridized carbons (Fsp3) is 0.516. The lowest BCUT2D eigenvalue weighted by atomic mass is 10.2. The number of unbranched alkanes of at least 4 members (excludes halogenated alkanes) is 1. The van der Waals surface area contributed by atoms with Crippen LogP contribution in [0.15, 0.2) is 36.4 Å². The zero-order valence-corrected chi connectivity index (χ0v) is 27.1. The van der Waals surface area contributed by atoms with Gasteiger partial charge in [-0.25, -0.2) is 14.8 Å². The monoisotopic (exact) mass is 643 g/mol. The summed E-state index contributed by atoms with van der Waals surface area (Å²) in [5.41, 5.74) is 0.732. The molecule has 1 fully saturated rings. The van der Waals surface area contributed by atoms with Crippen LogP contribution in [0.4, 0.5) is 4.79 Å². The molecule has 0 aliphatic carbocycles. The quantitative estimate of drug-likeness (QED) is 0.188. The van der Waals surface area contributed by atoms with Gasteiger partial charge in [0, 0.05) is 37.8 Å². The Morgan fingerprint density at radius 1 is 1.02 bits per heavy atom. The molecule has 2 N–H and O–H groups in total. The number of nitrogens with one attached hydrogen (secondary N) is 1. The summed E-state index contributed by atoms with van der Waals surface area (Å²) in [5.74, 6) is 4.34. The first-order valence-electron chi connectivity index (χ1n) is 15.1. The molecule has 45 heavy (non-hydrogen) atoms. The number of ether oxygens (including phenoxy) is 1. The summed E-state index contributed by atoms with van der Waals surface area (Å²) in [7, 11) is -3.79. The Morgan fingerprint density at radius 2 is 1.67 bits per heavy atom.